The molecule has 0 spiro atoms. The largest absolute Gasteiger partial charge is 0.316 e. The first-order valence-electron chi connectivity index (χ1n) is 7.04. The Balaban J connectivity index is 2.15. The van der Waals surface area contributed by atoms with Crippen LogP contribution in [0.4, 0.5) is 0 Å². The second-order valence-electron chi connectivity index (χ2n) is 5.51. The van der Waals surface area contributed by atoms with Gasteiger partial charge in [-0.3, -0.25) is 0 Å². The van der Waals surface area contributed by atoms with Crippen LogP contribution in [0.2, 0.25) is 0 Å². The van der Waals surface area contributed by atoms with Gasteiger partial charge in [-0.2, -0.15) is 0 Å². The summed E-state index contributed by atoms with van der Waals surface area (Å²) in [6, 6.07) is 0. The van der Waals surface area contributed by atoms with Crippen LogP contribution in [0, 0.1) is 17.8 Å². The fourth-order valence-corrected chi connectivity index (χ4v) is 3.27. The highest BCUT2D eigenvalue weighted by Gasteiger charge is 2.23. The summed E-state index contributed by atoms with van der Waals surface area (Å²) in [7, 11) is 0. The average Bonchev–Trinajstić information content (AvgIpc) is 2.30. The zero-order chi connectivity index (χ0) is 11.8. The predicted octanol–water partition coefficient (Wildman–Crippen LogP) is 4.06. The predicted molar refractivity (Wildman–Crippen MR) is 73.1 cm³/mol. The Bertz CT molecular complexity index is 172. The molecule has 1 nitrogen and oxygen atoms in total. The van der Waals surface area contributed by atoms with Gasteiger partial charge in [-0.1, -0.05) is 33.1 Å². The summed E-state index contributed by atoms with van der Waals surface area (Å²) in [6.07, 6.45) is 8.17. The van der Waals surface area contributed by atoms with Crippen LogP contribution < -0.4 is 5.32 Å². The van der Waals surface area contributed by atoms with E-state index in [9.17, 15) is 0 Å². The molecule has 0 aromatic carbocycles. The van der Waals surface area contributed by atoms with Crippen LogP contribution in [0.1, 0.15) is 52.4 Å². The first kappa shape index (κ1) is 14.3. The molecule has 3 atom stereocenters. The van der Waals surface area contributed by atoms with Crippen molar-refractivity contribution >= 4 is 11.6 Å². The van der Waals surface area contributed by atoms with Crippen molar-refractivity contribution in [3.8, 4) is 0 Å². The van der Waals surface area contributed by atoms with E-state index in [1.165, 1.54) is 51.6 Å². The highest BCUT2D eigenvalue weighted by molar-refractivity contribution is 6.18. The lowest BCUT2D eigenvalue weighted by Crippen LogP contribution is -2.33. The molecule has 0 saturated heterocycles. The van der Waals surface area contributed by atoms with Crippen LogP contribution in [0.5, 0.6) is 0 Å². The Kier molecular flexibility index (Phi) is 7.47. The summed E-state index contributed by atoms with van der Waals surface area (Å²) in [6.45, 7) is 6.97. The second-order valence-corrected chi connectivity index (χ2v) is 5.82. The molecule has 0 bridgehead atoms. The van der Waals surface area contributed by atoms with Gasteiger partial charge in [-0.15, -0.1) is 11.6 Å². The highest BCUT2D eigenvalue weighted by Crippen LogP contribution is 2.30. The number of halogens is 1. The number of hydrogen-bond acceptors (Lipinski definition) is 1. The first-order chi connectivity index (χ1) is 7.77. The molecule has 96 valence electrons. The van der Waals surface area contributed by atoms with Gasteiger partial charge in [-0.05, 0) is 50.1 Å². The van der Waals surface area contributed by atoms with Gasteiger partial charge in [0.05, 0.1) is 0 Å². The lowest BCUT2D eigenvalue weighted by molar-refractivity contribution is 0.247. The standard InChI is InChI=1S/C14H28ClN/c1-3-6-12(2)10-16-11-14-8-5-4-7-13(14)9-15/h12-14,16H,3-11H2,1-2H3. The van der Waals surface area contributed by atoms with E-state index >= 15 is 0 Å². The number of nitrogens with one attached hydrogen (secondary N) is 1. The lowest BCUT2D eigenvalue weighted by atomic mass is 9.80. The minimum absolute atomic E-state index is 0.768. The maximum absolute atomic E-state index is 6.04. The van der Waals surface area contributed by atoms with E-state index in [0.29, 0.717) is 0 Å². The van der Waals surface area contributed by atoms with E-state index in [-0.39, 0.29) is 0 Å². The van der Waals surface area contributed by atoms with Crippen molar-refractivity contribution < 1.29 is 0 Å². The molecule has 1 saturated carbocycles. The first-order valence-corrected chi connectivity index (χ1v) is 7.58. The van der Waals surface area contributed by atoms with Crippen molar-refractivity contribution in [1.82, 2.24) is 5.32 Å². The molecule has 1 aliphatic carbocycles. The average molecular weight is 246 g/mol. The maximum Gasteiger partial charge on any atom is 0.0254 e. The quantitative estimate of drug-likeness (QED) is 0.667. The number of hydrogen-bond donors (Lipinski definition) is 1. The number of rotatable bonds is 7. The Labute approximate surface area is 106 Å². The number of alkyl halides is 1. The molecule has 0 heterocycles. The molecule has 1 fully saturated rings. The smallest absolute Gasteiger partial charge is 0.0254 e. The zero-order valence-corrected chi connectivity index (χ0v) is 11.7. The molecular weight excluding hydrogens is 218 g/mol. The Morgan fingerprint density at radius 1 is 1.25 bits per heavy atom. The summed E-state index contributed by atoms with van der Waals surface area (Å²) in [4.78, 5) is 0. The fourth-order valence-electron chi connectivity index (χ4n) is 2.87. The van der Waals surface area contributed by atoms with E-state index in [1.807, 2.05) is 0 Å². The minimum Gasteiger partial charge on any atom is -0.316 e. The molecule has 16 heavy (non-hydrogen) atoms. The third kappa shape index (κ3) is 5.05. The molecule has 0 aliphatic heterocycles. The molecule has 1 rings (SSSR count). The van der Waals surface area contributed by atoms with Crippen molar-refractivity contribution in [2.45, 2.75) is 52.4 Å². The summed E-state index contributed by atoms with van der Waals surface area (Å²) in [5.74, 6) is 3.28. The van der Waals surface area contributed by atoms with Crippen LogP contribution in [-0.4, -0.2) is 19.0 Å². The SMILES string of the molecule is CCCC(C)CNCC1CCCCC1CCl. The zero-order valence-electron chi connectivity index (χ0n) is 11.0. The van der Waals surface area contributed by atoms with Crippen molar-refractivity contribution in [2.24, 2.45) is 17.8 Å². The van der Waals surface area contributed by atoms with E-state index in [0.717, 1.165) is 23.6 Å². The van der Waals surface area contributed by atoms with Gasteiger partial charge in [0.2, 0.25) is 0 Å². The summed E-state index contributed by atoms with van der Waals surface area (Å²) in [5, 5.41) is 3.65. The van der Waals surface area contributed by atoms with Gasteiger partial charge in [0.25, 0.3) is 0 Å². The second kappa shape index (κ2) is 8.36. The molecule has 0 aromatic rings. The Hall–Kier alpha value is 0.250. The minimum atomic E-state index is 0.768. The molecule has 0 radical (unpaired) electrons. The molecule has 1 aliphatic rings. The van der Waals surface area contributed by atoms with E-state index < -0.39 is 0 Å². The van der Waals surface area contributed by atoms with Crippen molar-refractivity contribution in [1.29, 1.82) is 0 Å². The Morgan fingerprint density at radius 3 is 2.56 bits per heavy atom. The van der Waals surface area contributed by atoms with Crippen molar-refractivity contribution in [3.05, 3.63) is 0 Å². The van der Waals surface area contributed by atoms with E-state index in [4.69, 9.17) is 11.6 Å². The molecular formula is C14H28ClN. The van der Waals surface area contributed by atoms with Gasteiger partial charge in [-0.25, -0.2) is 0 Å². The van der Waals surface area contributed by atoms with Crippen LogP contribution in [0.15, 0.2) is 0 Å². The monoisotopic (exact) mass is 245 g/mol. The van der Waals surface area contributed by atoms with E-state index in [2.05, 4.69) is 19.2 Å². The van der Waals surface area contributed by atoms with Crippen molar-refractivity contribution in [2.75, 3.05) is 19.0 Å². The summed E-state index contributed by atoms with van der Waals surface area (Å²) >= 11 is 6.04. The van der Waals surface area contributed by atoms with E-state index in [1.54, 1.807) is 0 Å². The maximum atomic E-state index is 6.04. The van der Waals surface area contributed by atoms with Gasteiger partial charge < -0.3 is 5.32 Å². The van der Waals surface area contributed by atoms with Crippen molar-refractivity contribution in [3.63, 3.8) is 0 Å². The van der Waals surface area contributed by atoms with Crippen LogP contribution in [0.3, 0.4) is 0 Å². The highest BCUT2D eigenvalue weighted by atomic mass is 35.5. The molecule has 0 aromatic heterocycles. The summed E-state index contributed by atoms with van der Waals surface area (Å²) < 4.78 is 0. The Morgan fingerprint density at radius 2 is 1.94 bits per heavy atom. The van der Waals surface area contributed by atoms with Gasteiger partial charge in [0.15, 0.2) is 0 Å². The molecule has 0 amide bonds. The van der Waals surface area contributed by atoms with Gasteiger partial charge in [0, 0.05) is 5.88 Å². The summed E-state index contributed by atoms with van der Waals surface area (Å²) in [5.41, 5.74) is 0. The topological polar surface area (TPSA) is 12.0 Å². The third-order valence-electron chi connectivity index (χ3n) is 3.95. The fraction of sp³-hybridized carbons (Fsp3) is 1.00. The van der Waals surface area contributed by atoms with Crippen LogP contribution in [0.25, 0.3) is 0 Å². The molecule has 2 heteroatoms. The van der Waals surface area contributed by atoms with Gasteiger partial charge in [0.1, 0.15) is 0 Å². The normalized spacial score (nSPS) is 27.9. The van der Waals surface area contributed by atoms with Crippen LogP contribution in [-0.2, 0) is 0 Å². The van der Waals surface area contributed by atoms with Gasteiger partial charge >= 0.3 is 0 Å². The molecule has 1 N–H and O–H groups in total. The lowest BCUT2D eigenvalue weighted by Gasteiger charge is -2.30. The molecule has 3 unspecified atom stereocenters. The van der Waals surface area contributed by atoms with Crippen LogP contribution >= 0.6 is 11.6 Å². The third-order valence-corrected chi connectivity index (χ3v) is 4.34.